The van der Waals surface area contributed by atoms with Crippen molar-refractivity contribution in [3.8, 4) is 11.3 Å². The van der Waals surface area contributed by atoms with Gasteiger partial charge in [0.2, 0.25) is 0 Å². The van der Waals surface area contributed by atoms with E-state index in [0.717, 1.165) is 41.1 Å². The lowest BCUT2D eigenvalue weighted by Gasteiger charge is -2.35. The van der Waals surface area contributed by atoms with Crippen LogP contribution in [-0.2, 0) is 0 Å². The summed E-state index contributed by atoms with van der Waals surface area (Å²) in [4.78, 5) is 21.5. The molecule has 5 rings (SSSR count). The highest BCUT2D eigenvalue weighted by molar-refractivity contribution is 5.95. The number of pyridine rings is 1. The van der Waals surface area contributed by atoms with Crippen molar-refractivity contribution >= 4 is 22.6 Å². The quantitative estimate of drug-likeness (QED) is 0.513. The predicted molar refractivity (Wildman–Crippen MR) is 122 cm³/mol. The van der Waals surface area contributed by atoms with Crippen molar-refractivity contribution in [2.45, 2.75) is 6.92 Å². The fraction of sp³-hybridized carbons (Fsp3) is 0.200. The highest BCUT2D eigenvalue weighted by atomic mass is 16.2. The maximum absolute atomic E-state index is 12.9. The third-order valence-corrected chi connectivity index (χ3v) is 5.78. The second-order valence-electron chi connectivity index (χ2n) is 7.76. The predicted octanol–water partition coefficient (Wildman–Crippen LogP) is 3.96. The van der Waals surface area contributed by atoms with Crippen molar-refractivity contribution in [2.24, 2.45) is 0 Å². The van der Waals surface area contributed by atoms with E-state index in [0.29, 0.717) is 18.8 Å². The van der Waals surface area contributed by atoms with E-state index in [9.17, 15) is 4.79 Å². The largest absolute Gasteiger partial charge is 0.352 e. The Morgan fingerprint density at radius 1 is 0.806 bits per heavy atom. The molecule has 0 unspecified atom stereocenters. The van der Waals surface area contributed by atoms with Gasteiger partial charge in [-0.05, 0) is 36.8 Å². The lowest BCUT2D eigenvalue weighted by molar-refractivity contribution is 0.0741. The summed E-state index contributed by atoms with van der Waals surface area (Å²) in [6.07, 6.45) is 0. The molecule has 0 aliphatic carbocycles. The van der Waals surface area contributed by atoms with Gasteiger partial charge in [0, 0.05) is 37.1 Å². The zero-order valence-corrected chi connectivity index (χ0v) is 17.4. The van der Waals surface area contributed by atoms with Gasteiger partial charge in [-0.3, -0.25) is 4.79 Å². The summed E-state index contributed by atoms with van der Waals surface area (Å²) in [5, 5.41) is 9.91. The Kier molecular flexibility index (Phi) is 5.04. The van der Waals surface area contributed by atoms with Crippen LogP contribution in [0, 0.1) is 6.92 Å². The Morgan fingerprint density at radius 2 is 1.58 bits per heavy atom. The molecule has 31 heavy (non-hydrogen) atoms. The Balaban J connectivity index is 1.25. The highest BCUT2D eigenvalue weighted by Crippen LogP contribution is 2.22. The van der Waals surface area contributed by atoms with Gasteiger partial charge in [0.15, 0.2) is 5.82 Å². The Morgan fingerprint density at radius 3 is 2.35 bits per heavy atom. The lowest BCUT2D eigenvalue weighted by Crippen LogP contribution is -2.49. The molecule has 154 valence electrons. The van der Waals surface area contributed by atoms with E-state index in [1.54, 1.807) is 0 Å². The van der Waals surface area contributed by atoms with Crippen molar-refractivity contribution in [1.82, 2.24) is 20.1 Å². The maximum Gasteiger partial charge on any atom is 0.272 e. The molecule has 4 aromatic rings. The normalized spacial score (nSPS) is 14.1. The van der Waals surface area contributed by atoms with E-state index in [1.165, 1.54) is 5.56 Å². The third kappa shape index (κ3) is 3.84. The van der Waals surface area contributed by atoms with Gasteiger partial charge in [0.25, 0.3) is 5.91 Å². The van der Waals surface area contributed by atoms with Crippen LogP contribution in [0.4, 0.5) is 5.82 Å². The lowest BCUT2D eigenvalue weighted by atomic mass is 10.1. The number of amides is 1. The number of fused-ring (bicyclic) bond motifs is 1. The van der Waals surface area contributed by atoms with E-state index >= 15 is 0 Å². The number of aryl methyl sites for hydroxylation is 1. The molecule has 0 bridgehead atoms. The average Bonchev–Trinajstić information content (AvgIpc) is 2.84. The summed E-state index contributed by atoms with van der Waals surface area (Å²) in [5.41, 5.74) is 4.49. The van der Waals surface area contributed by atoms with E-state index in [4.69, 9.17) is 0 Å². The fourth-order valence-electron chi connectivity index (χ4n) is 3.98. The summed E-state index contributed by atoms with van der Waals surface area (Å²) < 4.78 is 0. The van der Waals surface area contributed by atoms with E-state index < -0.39 is 0 Å². The number of aromatic nitrogens is 3. The smallest absolute Gasteiger partial charge is 0.272 e. The SMILES string of the molecule is Cc1ccccc1-c1ccc(N2CCN(C(=O)c3ccc4ccccc4n3)CC2)nn1. The molecule has 1 aliphatic rings. The Labute approximate surface area is 181 Å². The van der Waals surface area contributed by atoms with Crippen LogP contribution in [0.25, 0.3) is 22.2 Å². The van der Waals surface area contributed by atoms with Crippen LogP contribution in [0.5, 0.6) is 0 Å². The standard InChI is InChI=1S/C25H23N5O/c1-18-6-2-4-8-20(18)22-12-13-24(28-27-22)29-14-16-30(17-15-29)25(31)23-11-10-19-7-3-5-9-21(19)26-23/h2-13H,14-17H2,1H3. The molecule has 0 atom stereocenters. The third-order valence-electron chi connectivity index (χ3n) is 5.78. The van der Waals surface area contributed by atoms with Crippen molar-refractivity contribution in [1.29, 1.82) is 0 Å². The maximum atomic E-state index is 12.9. The Bertz CT molecular complexity index is 1230. The molecule has 1 amide bonds. The summed E-state index contributed by atoms with van der Waals surface area (Å²) in [7, 11) is 0. The number of rotatable bonds is 3. The van der Waals surface area contributed by atoms with Crippen LogP contribution in [0.3, 0.4) is 0 Å². The first-order valence-corrected chi connectivity index (χ1v) is 10.5. The fourth-order valence-corrected chi connectivity index (χ4v) is 3.98. The molecule has 6 heteroatoms. The first-order valence-electron chi connectivity index (χ1n) is 10.5. The number of benzene rings is 2. The van der Waals surface area contributed by atoms with Crippen LogP contribution in [0.2, 0.25) is 0 Å². The molecule has 2 aromatic heterocycles. The van der Waals surface area contributed by atoms with Crippen LogP contribution in [0.15, 0.2) is 72.8 Å². The van der Waals surface area contributed by atoms with E-state index in [2.05, 4.69) is 39.1 Å². The van der Waals surface area contributed by atoms with Crippen molar-refractivity contribution < 1.29 is 4.79 Å². The number of anilines is 1. The molecule has 1 saturated heterocycles. The molecule has 0 saturated carbocycles. The number of carbonyl (C=O) groups is 1. The molecule has 1 aliphatic heterocycles. The summed E-state index contributed by atoms with van der Waals surface area (Å²) >= 11 is 0. The monoisotopic (exact) mass is 409 g/mol. The van der Waals surface area contributed by atoms with Crippen LogP contribution in [0.1, 0.15) is 16.1 Å². The topological polar surface area (TPSA) is 62.2 Å². The number of carbonyl (C=O) groups excluding carboxylic acids is 1. The number of nitrogens with zero attached hydrogens (tertiary/aromatic N) is 5. The van der Waals surface area contributed by atoms with Gasteiger partial charge in [-0.2, -0.15) is 0 Å². The molecule has 6 nitrogen and oxygen atoms in total. The number of piperazine rings is 1. The second kappa shape index (κ2) is 8.14. The van der Waals surface area contributed by atoms with Gasteiger partial charge in [-0.15, -0.1) is 10.2 Å². The number of hydrogen-bond acceptors (Lipinski definition) is 5. The van der Waals surface area contributed by atoms with Gasteiger partial charge in [-0.1, -0.05) is 48.5 Å². The number of para-hydroxylation sites is 1. The van der Waals surface area contributed by atoms with E-state index in [1.807, 2.05) is 65.6 Å². The minimum atomic E-state index is -0.0219. The molecule has 0 spiro atoms. The molecule has 0 N–H and O–H groups in total. The zero-order valence-electron chi connectivity index (χ0n) is 17.4. The van der Waals surface area contributed by atoms with Gasteiger partial charge < -0.3 is 9.80 Å². The molecule has 1 fully saturated rings. The first kappa shape index (κ1) is 19.2. The number of hydrogen-bond donors (Lipinski definition) is 0. The Hall–Kier alpha value is -3.80. The summed E-state index contributed by atoms with van der Waals surface area (Å²) in [5.74, 6) is 0.819. The zero-order chi connectivity index (χ0) is 21.2. The first-order chi connectivity index (χ1) is 15.2. The summed E-state index contributed by atoms with van der Waals surface area (Å²) in [6.45, 7) is 4.78. The molecule has 3 heterocycles. The highest BCUT2D eigenvalue weighted by Gasteiger charge is 2.24. The van der Waals surface area contributed by atoms with Crippen LogP contribution >= 0.6 is 0 Å². The molecular formula is C25H23N5O. The summed E-state index contributed by atoms with van der Waals surface area (Å²) in [6, 6.07) is 23.8. The molecular weight excluding hydrogens is 386 g/mol. The molecule has 2 aromatic carbocycles. The van der Waals surface area contributed by atoms with Crippen LogP contribution < -0.4 is 4.90 Å². The van der Waals surface area contributed by atoms with Gasteiger partial charge >= 0.3 is 0 Å². The minimum Gasteiger partial charge on any atom is -0.352 e. The van der Waals surface area contributed by atoms with E-state index in [-0.39, 0.29) is 5.91 Å². The average molecular weight is 409 g/mol. The minimum absolute atomic E-state index is 0.0219. The van der Waals surface area contributed by atoms with Crippen molar-refractivity contribution in [3.05, 3.63) is 84.1 Å². The van der Waals surface area contributed by atoms with Crippen molar-refractivity contribution in [2.75, 3.05) is 31.1 Å². The van der Waals surface area contributed by atoms with Crippen molar-refractivity contribution in [3.63, 3.8) is 0 Å². The van der Waals surface area contributed by atoms with Gasteiger partial charge in [0.05, 0.1) is 11.2 Å². The van der Waals surface area contributed by atoms with Crippen LogP contribution in [-0.4, -0.2) is 52.2 Å². The van der Waals surface area contributed by atoms with Gasteiger partial charge in [-0.25, -0.2) is 4.98 Å². The molecule has 0 radical (unpaired) electrons. The second-order valence-corrected chi connectivity index (χ2v) is 7.76. The van der Waals surface area contributed by atoms with Gasteiger partial charge in [0.1, 0.15) is 5.69 Å².